The molecule has 280 valence electrons. The van der Waals surface area contributed by atoms with Crippen molar-refractivity contribution in [1.82, 2.24) is 0 Å². The van der Waals surface area contributed by atoms with Gasteiger partial charge in [0.25, 0.3) is 0 Å². The molecule has 0 aliphatic heterocycles. The van der Waals surface area contributed by atoms with E-state index in [4.69, 9.17) is 13.6 Å². The van der Waals surface area contributed by atoms with Crippen molar-refractivity contribution in [3.8, 4) is 11.5 Å². The molecule has 0 aromatic heterocycles. The van der Waals surface area contributed by atoms with Crippen LogP contribution in [0, 0.1) is 67.2 Å². The van der Waals surface area contributed by atoms with E-state index < -0.39 is 16.6 Å². The fourth-order valence-electron chi connectivity index (χ4n) is 5.72. The Kier molecular flexibility index (Phi) is 17.4. The molecule has 0 N–H and O–H groups in total. The molecular formula is C46H70O3Si2. The smallest absolute Gasteiger partial charge is 0.206 e. The Bertz CT molecular complexity index is 1550. The van der Waals surface area contributed by atoms with Gasteiger partial charge in [-0.2, -0.15) is 0 Å². The van der Waals surface area contributed by atoms with Crippen LogP contribution in [-0.2, 0) is 4.12 Å². The molecule has 0 amide bonds. The van der Waals surface area contributed by atoms with Crippen LogP contribution in [0.3, 0.4) is 0 Å². The third-order valence-corrected chi connectivity index (χ3v) is 18.2. The Morgan fingerprint density at radius 2 is 0.725 bits per heavy atom. The summed E-state index contributed by atoms with van der Waals surface area (Å²) < 4.78 is 18.2. The first-order valence-electron chi connectivity index (χ1n) is 19.1. The van der Waals surface area contributed by atoms with E-state index in [0.717, 1.165) is 23.3 Å². The SMILES string of the molecule is CCC(C)C(C)CC.Cc1ccc(OCCOc2ccc(C)c(C)c2)cc1C.Cc1ccc([Si](C)(C)O[Si](C)(C)c2ccc(C)c(C)c2)cc1C. The third kappa shape index (κ3) is 14.1. The van der Waals surface area contributed by atoms with Crippen LogP contribution >= 0.6 is 0 Å². The molecule has 51 heavy (non-hydrogen) atoms. The molecule has 0 aliphatic rings. The van der Waals surface area contributed by atoms with Crippen LogP contribution in [0.15, 0.2) is 72.8 Å². The van der Waals surface area contributed by atoms with E-state index in [1.807, 2.05) is 12.1 Å². The quantitative estimate of drug-likeness (QED) is 0.107. The number of ether oxygens (including phenoxy) is 2. The maximum atomic E-state index is 6.86. The largest absolute Gasteiger partial charge is 0.490 e. The Morgan fingerprint density at radius 1 is 0.431 bits per heavy atom. The van der Waals surface area contributed by atoms with Gasteiger partial charge in [-0.05, 0) is 173 Å². The molecule has 0 fully saturated rings. The summed E-state index contributed by atoms with van der Waals surface area (Å²) in [5.74, 6) is 3.63. The van der Waals surface area contributed by atoms with Crippen LogP contribution in [0.4, 0.5) is 0 Å². The lowest BCUT2D eigenvalue weighted by Gasteiger charge is -2.35. The lowest BCUT2D eigenvalue weighted by Crippen LogP contribution is -2.57. The van der Waals surface area contributed by atoms with Gasteiger partial charge in [0.15, 0.2) is 0 Å². The van der Waals surface area contributed by atoms with Gasteiger partial charge in [-0.15, -0.1) is 0 Å². The molecule has 0 spiro atoms. The molecule has 2 atom stereocenters. The number of rotatable bonds is 12. The van der Waals surface area contributed by atoms with Crippen molar-refractivity contribution in [1.29, 1.82) is 0 Å². The average Bonchev–Trinajstić information content (AvgIpc) is 3.08. The predicted molar refractivity (Wildman–Crippen MR) is 229 cm³/mol. The minimum absolute atomic E-state index is 0.551. The lowest BCUT2D eigenvalue weighted by molar-refractivity contribution is 0.217. The summed E-state index contributed by atoms with van der Waals surface area (Å²) >= 11 is 0. The molecule has 2 unspecified atom stereocenters. The van der Waals surface area contributed by atoms with Crippen LogP contribution < -0.4 is 19.8 Å². The summed E-state index contributed by atoms with van der Waals surface area (Å²) in [6, 6.07) is 25.9. The van der Waals surface area contributed by atoms with Gasteiger partial charge in [-0.3, -0.25) is 0 Å². The molecule has 0 aliphatic carbocycles. The predicted octanol–water partition coefficient (Wildman–Crippen LogP) is 11.9. The summed E-state index contributed by atoms with van der Waals surface area (Å²) in [5.41, 5.74) is 10.5. The van der Waals surface area contributed by atoms with E-state index in [1.54, 1.807) is 0 Å². The fraction of sp³-hybridized carbons (Fsp3) is 0.478. The van der Waals surface area contributed by atoms with Crippen LogP contribution in [-0.4, -0.2) is 29.8 Å². The zero-order valence-electron chi connectivity index (χ0n) is 35.1. The average molecular weight is 727 g/mol. The summed E-state index contributed by atoms with van der Waals surface area (Å²) in [7, 11) is -3.84. The van der Waals surface area contributed by atoms with Crippen molar-refractivity contribution < 1.29 is 13.6 Å². The van der Waals surface area contributed by atoms with E-state index in [2.05, 4.69) is 170 Å². The van der Waals surface area contributed by atoms with Crippen LogP contribution in [0.25, 0.3) is 0 Å². The van der Waals surface area contributed by atoms with Gasteiger partial charge in [0.1, 0.15) is 24.7 Å². The molecule has 4 aromatic carbocycles. The van der Waals surface area contributed by atoms with Gasteiger partial charge in [0.05, 0.1) is 0 Å². The Hall–Kier alpha value is -3.13. The second-order valence-electron chi connectivity index (χ2n) is 15.7. The second kappa shape index (κ2) is 20.2. The maximum absolute atomic E-state index is 6.86. The van der Waals surface area contributed by atoms with Gasteiger partial charge in [-0.25, -0.2) is 0 Å². The Morgan fingerprint density at radius 3 is 1.00 bits per heavy atom. The van der Waals surface area contributed by atoms with Crippen LogP contribution in [0.5, 0.6) is 11.5 Å². The molecular weight excluding hydrogens is 657 g/mol. The molecule has 0 heterocycles. The Balaban J connectivity index is 0.000000294. The van der Waals surface area contributed by atoms with Gasteiger partial charge in [0.2, 0.25) is 16.6 Å². The first kappa shape index (κ1) is 44.0. The van der Waals surface area contributed by atoms with Crippen LogP contribution in [0.2, 0.25) is 26.2 Å². The van der Waals surface area contributed by atoms with Crippen molar-refractivity contribution in [3.05, 3.63) is 117 Å². The van der Waals surface area contributed by atoms with Gasteiger partial charge < -0.3 is 13.6 Å². The topological polar surface area (TPSA) is 27.7 Å². The standard InChI is InChI=1S/C20H30OSi2.C18H22O2.C8H18/c1-15-9-11-19(13-17(15)3)22(5,6)21-23(7,8)20-12-10-16(2)18(4)14-20;1-13-5-7-17(11-15(13)3)19-9-10-20-18-8-6-14(2)16(4)12-18;1-5-7(3)8(4)6-2/h9-14H,1-8H3;5-8,11-12H,9-10H2,1-4H3;7-8H,5-6H2,1-4H3. The summed E-state index contributed by atoms with van der Waals surface area (Å²) in [4.78, 5) is 0. The number of hydrogen-bond acceptors (Lipinski definition) is 3. The molecule has 4 rings (SSSR count). The van der Waals surface area contributed by atoms with E-state index in [9.17, 15) is 0 Å². The van der Waals surface area contributed by atoms with Gasteiger partial charge >= 0.3 is 0 Å². The molecule has 4 aromatic rings. The van der Waals surface area contributed by atoms with E-state index in [1.165, 1.54) is 67.7 Å². The number of aryl methyl sites for hydroxylation is 8. The van der Waals surface area contributed by atoms with Crippen molar-refractivity contribution >= 4 is 27.0 Å². The fourth-order valence-corrected chi connectivity index (χ4v) is 13.9. The molecule has 0 radical (unpaired) electrons. The molecule has 3 nitrogen and oxygen atoms in total. The normalized spacial score (nSPS) is 12.5. The Labute approximate surface area is 315 Å². The highest BCUT2D eigenvalue weighted by Crippen LogP contribution is 2.20. The van der Waals surface area contributed by atoms with Crippen molar-refractivity contribution in [2.45, 2.75) is 122 Å². The monoisotopic (exact) mass is 726 g/mol. The zero-order valence-corrected chi connectivity index (χ0v) is 37.1. The molecule has 0 bridgehead atoms. The molecule has 0 saturated heterocycles. The lowest BCUT2D eigenvalue weighted by atomic mass is 9.92. The highest BCUT2D eigenvalue weighted by atomic mass is 28.4. The maximum Gasteiger partial charge on any atom is 0.206 e. The first-order chi connectivity index (χ1) is 23.8. The number of hydrogen-bond donors (Lipinski definition) is 0. The van der Waals surface area contributed by atoms with Crippen molar-refractivity contribution in [2.24, 2.45) is 11.8 Å². The molecule has 5 heteroatoms. The highest BCUT2D eigenvalue weighted by molar-refractivity contribution is 6.96. The minimum atomic E-state index is -1.92. The second-order valence-corrected chi connectivity index (χ2v) is 23.7. The third-order valence-electron chi connectivity index (χ3n) is 10.8. The van der Waals surface area contributed by atoms with Gasteiger partial charge in [0, 0.05) is 0 Å². The highest BCUT2D eigenvalue weighted by Gasteiger charge is 2.36. The molecule has 0 saturated carbocycles. The van der Waals surface area contributed by atoms with E-state index in [0.29, 0.717) is 13.2 Å². The first-order valence-corrected chi connectivity index (χ1v) is 24.9. The minimum Gasteiger partial charge on any atom is -0.490 e. The van der Waals surface area contributed by atoms with Crippen LogP contribution in [0.1, 0.15) is 85.0 Å². The summed E-state index contributed by atoms with van der Waals surface area (Å²) in [6.45, 7) is 36.7. The van der Waals surface area contributed by atoms with E-state index in [-0.39, 0.29) is 0 Å². The van der Waals surface area contributed by atoms with Crippen molar-refractivity contribution in [3.63, 3.8) is 0 Å². The van der Waals surface area contributed by atoms with E-state index >= 15 is 0 Å². The summed E-state index contributed by atoms with van der Waals surface area (Å²) in [6.07, 6.45) is 2.66. The van der Waals surface area contributed by atoms with Gasteiger partial charge in [-0.1, -0.05) is 89.1 Å². The number of benzene rings is 4. The van der Waals surface area contributed by atoms with Crippen molar-refractivity contribution in [2.75, 3.05) is 13.2 Å². The summed E-state index contributed by atoms with van der Waals surface area (Å²) in [5, 5.41) is 2.79. The zero-order chi connectivity index (χ0) is 38.5.